The number of hydrogen-bond acceptors (Lipinski definition) is 4. The summed E-state index contributed by atoms with van der Waals surface area (Å²) in [5.74, 6) is -0.153. The molecular weight excluding hydrogens is 148 g/mol. The van der Waals surface area contributed by atoms with E-state index in [1.807, 2.05) is 0 Å². The highest BCUT2D eigenvalue weighted by molar-refractivity contribution is 5.36. The van der Waals surface area contributed by atoms with Crippen molar-refractivity contribution in [1.82, 2.24) is 0 Å². The highest BCUT2D eigenvalue weighted by Gasteiger charge is 1.90. The summed E-state index contributed by atoms with van der Waals surface area (Å²) in [4.78, 5) is 0. The van der Waals surface area contributed by atoms with E-state index >= 15 is 0 Å². The number of phenols is 2. The molecule has 0 fully saturated rings. The molecule has 1 rings (SSSR count). The van der Waals surface area contributed by atoms with E-state index in [1.165, 1.54) is 12.1 Å². The van der Waals surface area contributed by atoms with Gasteiger partial charge in [-0.25, -0.2) is 0 Å². The summed E-state index contributed by atoms with van der Waals surface area (Å²) in [5.41, 5.74) is 0. The Kier molecular flexibility index (Phi) is 4.89. The average molecular weight is 158 g/mol. The van der Waals surface area contributed by atoms with Crippen molar-refractivity contribution in [3.8, 4) is 11.5 Å². The molecule has 0 aliphatic carbocycles. The van der Waals surface area contributed by atoms with Gasteiger partial charge in [-0.15, -0.1) is 0 Å². The number of para-hydroxylation sites is 2. The van der Waals surface area contributed by atoms with Crippen LogP contribution < -0.4 is 0 Å². The van der Waals surface area contributed by atoms with Gasteiger partial charge in [0.1, 0.15) is 6.79 Å². The zero-order chi connectivity index (χ0) is 8.69. The Balaban J connectivity index is 0.000000292. The van der Waals surface area contributed by atoms with Crippen LogP contribution in [0.5, 0.6) is 11.5 Å². The summed E-state index contributed by atoms with van der Waals surface area (Å²) >= 11 is 0. The summed E-state index contributed by atoms with van der Waals surface area (Å²) in [7, 11) is 0. The third kappa shape index (κ3) is 4.19. The highest BCUT2D eigenvalue weighted by Crippen LogP contribution is 2.21. The van der Waals surface area contributed by atoms with E-state index in [9.17, 15) is 0 Å². The normalized spacial score (nSPS) is 8.18. The molecule has 0 spiro atoms. The van der Waals surface area contributed by atoms with Crippen LogP contribution in [0.3, 0.4) is 0 Å². The molecule has 0 amide bonds. The Morgan fingerprint density at radius 1 is 0.909 bits per heavy atom. The molecule has 0 bridgehead atoms. The molecule has 0 aliphatic heterocycles. The quantitative estimate of drug-likeness (QED) is 0.317. The maximum atomic E-state index is 8.67. The minimum absolute atomic E-state index is 0.0764. The first-order chi connectivity index (χ1) is 5.22. The van der Waals surface area contributed by atoms with Gasteiger partial charge in [0.25, 0.3) is 0 Å². The molecule has 1 aromatic rings. The van der Waals surface area contributed by atoms with E-state index < -0.39 is 6.79 Å². The van der Waals surface area contributed by atoms with Gasteiger partial charge in [-0.2, -0.15) is 0 Å². The second-order valence-electron chi connectivity index (χ2n) is 1.63. The van der Waals surface area contributed by atoms with Crippen molar-refractivity contribution >= 4 is 0 Å². The van der Waals surface area contributed by atoms with Crippen molar-refractivity contribution in [3.05, 3.63) is 24.3 Å². The molecule has 0 heterocycles. The lowest BCUT2D eigenvalue weighted by Crippen LogP contribution is -1.66. The standard InChI is InChI=1S/C6H6O2.CH4O2/c7-5-3-1-2-4-6(5)8;2-1-3/h1-4,7-8H;2-3H,1H2. The van der Waals surface area contributed by atoms with Crippen molar-refractivity contribution in [1.29, 1.82) is 0 Å². The first-order valence-corrected chi connectivity index (χ1v) is 2.91. The SMILES string of the molecule is OCO.Oc1ccccc1O. The van der Waals surface area contributed by atoms with Crippen LogP contribution in [0.2, 0.25) is 0 Å². The predicted molar refractivity (Wildman–Crippen MR) is 39.1 cm³/mol. The number of benzene rings is 1. The van der Waals surface area contributed by atoms with Crippen LogP contribution in [0.25, 0.3) is 0 Å². The van der Waals surface area contributed by atoms with E-state index in [4.69, 9.17) is 20.4 Å². The zero-order valence-corrected chi connectivity index (χ0v) is 5.81. The predicted octanol–water partition coefficient (Wildman–Crippen LogP) is 0.0263. The van der Waals surface area contributed by atoms with Gasteiger partial charge in [0.15, 0.2) is 11.5 Å². The van der Waals surface area contributed by atoms with Gasteiger partial charge in [0.2, 0.25) is 0 Å². The van der Waals surface area contributed by atoms with Crippen LogP contribution in [-0.4, -0.2) is 27.2 Å². The second-order valence-corrected chi connectivity index (χ2v) is 1.63. The number of aliphatic hydroxyl groups is 2. The first-order valence-electron chi connectivity index (χ1n) is 2.91. The van der Waals surface area contributed by atoms with E-state index in [2.05, 4.69) is 0 Å². The lowest BCUT2D eigenvalue weighted by Gasteiger charge is -1.91. The molecule has 4 heteroatoms. The maximum Gasteiger partial charge on any atom is 0.157 e. The Labute approximate surface area is 64.0 Å². The molecule has 1 aromatic carbocycles. The van der Waals surface area contributed by atoms with Gasteiger partial charge in [0, 0.05) is 0 Å². The number of aromatic hydroxyl groups is 2. The molecule has 0 atom stereocenters. The van der Waals surface area contributed by atoms with Crippen LogP contribution in [0.1, 0.15) is 0 Å². The Morgan fingerprint density at radius 2 is 1.18 bits per heavy atom. The second kappa shape index (κ2) is 5.52. The van der Waals surface area contributed by atoms with Crippen LogP contribution in [0.4, 0.5) is 0 Å². The minimum atomic E-state index is -0.750. The Morgan fingerprint density at radius 3 is 1.36 bits per heavy atom. The number of aliphatic hydroxyl groups excluding tert-OH is 1. The van der Waals surface area contributed by atoms with Crippen molar-refractivity contribution in [2.24, 2.45) is 0 Å². The molecule has 4 nitrogen and oxygen atoms in total. The fourth-order valence-corrected chi connectivity index (χ4v) is 0.464. The summed E-state index contributed by atoms with van der Waals surface area (Å²) in [6.45, 7) is -0.750. The molecule has 0 saturated carbocycles. The first kappa shape index (κ1) is 9.74. The lowest BCUT2D eigenvalue weighted by atomic mass is 10.3. The van der Waals surface area contributed by atoms with E-state index in [1.54, 1.807) is 12.1 Å². The van der Waals surface area contributed by atoms with E-state index in [0.717, 1.165) is 0 Å². The van der Waals surface area contributed by atoms with Gasteiger partial charge in [0.05, 0.1) is 0 Å². The number of rotatable bonds is 0. The van der Waals surface area contributed by atoms with Gasteiger partial charge in [-0.1, -0.05) is 12.1 Å². The minimum Gasteiger partial charge on any atom is -0.504 e. The van der Waals surface area contributed by atoms with Crippen LogP contribution in [0, 0.1) is 0 Å². The van der Waals surface area contributed by atoms with Crippen molar-refractivity contribution in [2.45, 2.75) is 0 Å². The Bertz CT molecular complexity index is 178. The molecule has 0 aromatic heterocycles. The summed E-state index contributed by atoms with van der Waals surface area (Å²) in [5, 5.41) is 31.6. The van der Waals surface area contributed by atoms with E-state index in [-0.39, 0.29) is 11.5 Å². The fraction of sp³-hybridized carbons (Fsp3) is 0.143. The fourth-order valence-electron chi connectivity index (χ4n) is 0.464. The van der Waals surface area contributed by atoms with E-state index in [0.29, 0.717) is 0 Å². The lowest BCUT2D eigenvalue weighted by molar-refractivity contribution is 0.0773. The summed E-state index contributed by atoms with van der Waals surface area (Å²) in [6.07, 6.45) is 0. The third-order valence-corrected chi connectivity index (χ3v) is 0.882. The average Bonchev–Trinajstić information content (AvgIpc) is 1.97. The molecule has 62 valence electrons. The molecule has 11 heavy (non-hydrogen) atoms. The smallest absolute Gasteiger partial charge is 0.157 e. The number of phenolic OH excluding ortho intramolecular Hbond substituents is 2. The summed E-state index contributed by atoms with van der Waals surface area (Å²) in [6, 6.07) is 6.15. The topological polar surface area (TPSA) is 80.9 Å². The third-order valence-electron chi connectivity index (χ3n) is 0.882. The van der Waals surface area contributed by atoms with Crippen molar-refractivity contribution < 1.29 is 20.4 Å². The van der Waals surface area contributed by atoms with Crippen LogP contribution in [-0.2, 0) is 0 Å². The Hall–Kier alpha value is -1.26. The summed E-state index contributed by atoms with van der Waals surface area (Å²) < 4.78 is 0. The van der Waals surface area contributed by atoms with Gasteiger partial charge in [-0.05, 0) is 12.1 Å². The van der Waals surface area contributed by atoms with Crippen LogP contribution in [0.15, 0.2) is 24.3 Å². The monoisotopic (exact) mass is 158 g/mol. The molecule has 0 unspecified atom stereocenters. The maximum absolute atomic E-state index is 8.67. The molecule has 0 radical (unpaired) electrons. The molecule has 0 saturated heterocycles. The molecular formula is C7H10O4. The van der Waals surface area contributed by atoms with Gasteiger partial charge >= 0.3 is 0 Å². The largest absolute Gasteiger partial charge is 0.504 e. The van der Waals surface area contributed by atoms with Crippen molar-refractivity contribution in [3.63, 3.8) is 0 Å². The van der Waals surface area contributed by atoms with Crippen molar-refractivity contribution in [2.75, 3.05) is 6.79 Å². The molecule has 4 N–H and O–H groups in total. The molecule has 0 aliphatic rings. The van der Waals surface area contributed by atoms with Gasteiger partial charge in [-0.3, -0.25) is 0 Å². The number of hydrogen-bond donors (Lipinski definition) is 4. The van der Waals surface area contributed by atoms with Gasteiger partial charge < -0.3 is 20.4 Å². The van der Waals surface area contributed by atoms with Crippen LogP contribution >= 0.6 is 0 Å². The highest BCUT2D eigenvalue weighted by atomic mass is 16.5. The zero-order valence-electron chi connectivity index (χ0n) is 5.81.